The summed E-state index contributed by atoms with van der Waals surface area (Å²) in [6, 6.07) is 28.3. The van der Waals surface area contributed by atoms with E-state index in [4.69, 9.17) is 11.6 Å². The first-order valence-corrected chi connectivity index (χ1v) is 13.2. The Bertz CT molecular complexity index is 1570. The van der Waals surface area contributed by atoms with E-state index in [0.29, 0.717) is 0 Å². The molecule has 0 aromatic heterocycles. The van der Waals surface area contributed by atoms with Gasteiger partial charge in [-0.05, 0) is 40.5 Å². The quantitative estimate of drug-likeness (QED) is 0.304. The summed E-state index contributed by atoms with van der Waals surface area (Å²) in [5.41, 5.74) is 4.43. The number of carbonyl (C=O) groups is 3. The van der Waals surface area contributed by atoms with Gasteiger partial charge in [0.05, 0.1) is 29.0 Å². The number of halogens is 2. The zero-order valence-corrected chi connectivity index (χ0v) is 21.4. The van der Waals surface area contributed by atoms with Crippen LogP contribution in [0.25, 0.3) is 0 Å². The zero-order valence-electron chi connectivity index (χ0n) is 20.6. The fourth-order valence-electron chi connectivity index (χ4n) is 6.69. The second-order valence-electron chi connectivity index (χ2n) is 10.2. The van der Waals surface area contributed by atoms with Crippen molar-refractivity contribution in [3.63, 3.8) is 0 Å². The maximum atomic E-state index is 14.8. The van der Waals surface area contributed by atoms with E-state index in [-0.39, 0.29) is 34.5 Å². The molecule has 0 radical (unpaired) electrons. The summed E-state index contributed by atoms with van der Waals surface area (Å²) < 4.78 is 14.8. The molecule has 5 nitrogen and oxygen atoms in total. The van der Waals surface area contributed by atoms with E-state index in [9.17, 15) is 18.8 Å². The third-order valence-corrected chi connectivity index (χ3v) is 8.61. The van der Waals surface area contributed by atoms with Gasteiger partial charge >= 0.3 is 0 Å². The summed E-state index contributed by atoms with van der Waals surface area (Å²) in [6.07, 6.45) is 0. The highest BCUT2D eigenvalue weighted by atomic mass is 35.5. The Morgan fingerprint density at radius 3 is 1.69 bits per heavy atom. The predicted octanol–water partition coefficient (Wildman–Crippen LogP) is 5.93. The number of hydrogen-bond donors (Lipinski definition) is 0. The maximum absolute atomic E-state index is 14.8. The van der Waals surface area contributed by atoms with Gasteiger partial charge in [0.2, 0.25) is 0 Å². The minimum absolute atomic E-state index is 0.125. The van der Waals surface area contributed by atoms with Gasteiger partial charge in [-0.1, -0.05) is 90.5 Å². The van der Waals surface area contributed by atoms with Crippen molar-refractivity contribution in [3.05, 3.63) is 141 Å². The summed E-state index contributed by atoms with van der Waals surface area (Å²) in [7, 11) is 0. The number of hydrazine groups is 1. The summed E-state index contributed by atoms with van der Waals surface area (Å²) in [4.78, 5) is 42.5. The van der Waals surface area contributed by atoms with Gasteiger partial charge in [0.1, 0.15) is 5.82 Å². The van der Waals surface area contributed by atoms with E-state index in [1.807, 2.05) is 48.5 Å². The van der Waals surface area contributed by atoms with Crippen molar-refractivity contribution in [1.29, 1.82) is 0 Å². The molecular formula is C32H22ClFN2O3. The predicted molar refractivity (Wildman–Crippen MR) is 143 cm³/mol. The lowest BCUT2D eigenvalue weighted by atomic mass is 9.55. The zero-order chi connectivity index (χ0) is 26.8. The van der Waals surface area contributed by atoms with Gasteiger partial charge in [-0.25, -0.2) is 9.40 Å². The molecule has 2 atom stereocenters. The Kier molecular flexibility index (Phi) is 5.42. The van der Waals surface area contributed by atoms with Crippen molar-refractivity contribution in [3.8, 4) is 0 Å². The van der Waals surface area contributed by atoms with Crippen molar-refractivity contribution in [2.24, 2.45) is 11.8 Å². The van der Waals surface area contributed by atoms with Gasteiger partial charge in [0.25, 0.3) is 17.7 Å². The van der Waals surface area contributed by atoms with Crippen LogP contribution < -0.4 is 0 Å². The SMILES string of the molecule is O=C(c1ccccc1Cl)N(Cc1ccccc1F)N1C(=O)[C@@H]2C3c4ccccc4C(c4ccccc43)[C@@H]2C1=O. The molecule has 1 aliphatic heterocycles. The van der Waals surface area contributed by atoms with Gasteiger partial charge in [-0.3, -0.25) is 14.4 Å². The number of rotatable bonds is 4. The molecule has 3 amide bonds. The molecule has 0 saturated carbocycles. The first-order chi connectivity index (χ1) is 19.0. The van der Waals surface area contributed by atoms with E-state index in [1.165, 1.54) is 18.2 Å². The van der Waals surface area contributed by atoms with Gasteiger partial charge in [0.15, 0.2) is 0 Å². The van der Waals surface area contributed by atoms with Crippen molar-refractivity contribution in [2.45, 2.75) is 18.4 Å². The Morgan fingerprint density at radius 1 is 0.718 bits per heavy atom. The second kappa shape index (κ2) is 8.89. The number of carbonyl (C=O) groups excluding carboxylic acids is 3. The fourth-order valence-corrected chi connectivity index (χ4v) is 6.91. The normalized spacial score (nSPS) is 22.4. The van der Waals surface area contributed by atoms with Crippen LogP contribution in [0, 0.1) is 17.7 Å². The van der Waals surface area contributed by atoms with Crippen LogP contribution in [0.1, 0.15) is 50.0 Å². The summed E-state index contributed by atoms with van der Waals surface area (Å²) in [5, 5.41) is 2.21. The summed E-state index contributed by atoms with van der Waals surface area (Å²) >= 11 is 6.37. The highest BCUT2D eigenvalue weighted by Crippen LogP contribution is 2.61. The van der Waals surface area contributed by atoms with Crippen molar-refractivity contribution in [1.82, 2.24) is 10.0 Å². The molecule has 4 aliphatic rings. The van der Waals surface area contributed by atoms with E-state index in [0.717, 1.165) is 32.3 Å². The Morgan fingerprint density at radius 2 is 1.18 bits per heavy atom. The number of nitrogens with zero attached hydrogens (tertiary/aromatic N) is 2. The van der Waals surface area contributed by atoms with Crippen molar-refractivity contribution < 1.29 is 18.8 Å². The van der Waals surface area contributed by atoms with Crippen LogP contribution in [-0.4, -0.2) is 27.7 Å². The summed E-state index contributed by atoms with van der Waals surface area (Å²) in [6.45, 7) is -0.303. The molecule has 0 unspecified atom stereocenters. The molecule has 8 rings (SSSR count). The molecule has 39 heavy (non-hydrogen) atoms. The lowest BCUT2D eigenvalue weighted by Gasteiger charge is -2.45. The van der Waals surface area contributed by atoms with Crippen LogP contribution in [0.5, 0.6) is 0 Å². The fraction of sp³-hybridized carbons (Fsp3) is 0.156. The molecule has 1 saturated heterocycles. The second-order valence-corrected chi connectivity index (χ2v) is 10.6. The highest BCUT2D eigenvalue weighted by Gasteiger charge is 2.63. The van der Waals surface area contributed by atoms with Gasteiger partial charge in [-0.2, -0.15) is 5.01 Å². The van der Waals surface area contributed by atoms with Crippen LogP contribution in [0.2, 0.25) is 5.02 Å². The topological polar surface area (TPSA) is 57.7 Å². The van der Waals surface area contributed by atoms with Crippen LogP contribution >= 0.6 is 11.6 Å². The molecule has 1 fully saturated rings. The van der Waals surface area contributed by atoms with Crippen LogP contribution in [0.3, 0.4) is 0 Å². The molecular weight excluding hydrogens is 515 g/mol. The third-order valence-electron chi connectivity index (χ3n) is 8.28. The standard InChI is InChI=1S/C32H22ClFN2O3/c33-24-15-7-6-14-23(24)30(37)35(17-18-9-1-8-16-25(18)34)36-31(38)28-26-19-10-2-3-11-20(19)27(29(28)32(36)39)22-13-5-4-12-21(22)26/h1-16,26-29H,17H2/t26?,27?,28-,29+. The lowest BCUT2D eigenvalue weighted by molar-refractivity contribution is -0.155. The molecule has 2 bridgehead atoms. The monoisotopic (exact) mass is 536 g/mol. The van der Waals surface area contributed by atoms with Gasteiger partial charge < -0.3 is 0 Å². The number of imide groups is 1. The minimum atomic E-state index is -0.672. The first kappa shape index (κ1) is 23.8. The highest BCUT2D eigenvalue weighted by molar-refractivity contribution is 6.33. The van der Waals surface area contributed by atoms with Crippen molar-refractivity contribution in [2.75, 3.05) is 0 Å². The average Bonchev–Trinajstić information content (AvgIpc) is 3.22. The molecule has 4 aromatic rings. The molecule has 0 N–H and O–H groups in total. The van der Waals surface area contributed by atoms with Gasteiger partial charge in [-0.15, -0.1) is 0 Å². The van der Waals surface area contributed by atoms with Crippen LogP contribution in [0.4, 0.5) is 4.39 Å². The van der Waals surface area contributed by atoms with E-state index in [1.54, 1.807) is 30.3 Å². The largest absolute Gasteiger partial charge is 0.274 e. The number of benzene rings is 4. The Hall–Kier alpha value is -4.29. The molecule has 4 aromatic carbocycles. The maximum Gasteiger partial charge on any atom is 0.274 e. The molecule has 3 aliphatic carbocycles. The van der Waals surface area contributed by atoms with Gasteiger partial charge in [0, 0.05) is 17.4 Å². The Labute approximate surface area is 229 Å². The number of amides is 3. The average molecular weight is 537 g/mol. The van der Waals surface area contributed by atoms with Crippen LogP contribution in [0.15, 0.2) is 97.1 Å². The van der Waals surface area contributed by atoms with E-state index >= 15 is 0 Å². The van der Waals surface area contributed by atoms with E-state index < -0.39 is 35.4 Å². The minimum Gasteiger partial charge on any atom is -0.272 e. The number of hydrogen-bond acceptors (Lipinski definition) is 3. The molecule has 1 heterocycles. The van der Waals surface area contributed by atoms with E-state index in [2.05, 4.69) is 0 Å². The molecule has 7 heteroatoms. The van der Waals surface area contributed by atoms with Crippen LogP contribution in [-0.2, 0) is 16.1 Å². The molecule has 0 spiro atoms. The third kappa shape index (κ3) is 3.41. The smallest absolute Gasteiger partial charge is 0.272 e. The lowest BCUT2D eigenvalue weighted by Crippen LogP contribution is -2.50. The molecule has 192 valence electrons. The first-order valence-electron chi connectivity index (χ1n) is 12.8. The Balaban J connectivity index is 1.37. The summed E-state index contributed by atoms with van der Waals surface area (Å²) in [5.74, 6) is -4.08. The van der Waals surface area contributed by atoms with Crippen molar-refractivity contribution >= 4 is 29.3 Å².